The molecule has 2 heterocycles. The number of nitrogens with one attached hydrogen (secondary N) is 1. The summed E-state index contributed by atoms with van der Waals surface area (Å²) in [5, 5.41) is 13.0. The first-order valence-electron chi connectivity index (χ1n) is 12.3. The number of aromatic amines is 1. The second-order valence-electron chi connectivity index (χ2n) is 9.12. The molecule has 9 nitrogen and oxygen atoms in total. The van der Waals surface area contributed by atoms with Crippen molar-refractivity contribution in [2.75, 3.05) is 6.61 Å². The van der Waals surface area contributed by atoms with Gasteiger partial charge in [-0.3, -0.25) is 14.5 Å². The third kappa shape index (κ3) is 6.08. The molecule has 0 saturated heterocycles. The van der Waals surface area contributed by atoms with Crippen LogP contribution in [0.4, 0.5) is 4.39 Å². The molecule has 194 valence electrons. The first-order chi connectivity index (χ1) is 17.8. The lowest BCUT2D eigenvalue weighted by molar-refractivity contribution is -0.144. The SMILES string of the molecule is CCOC(=O)Cn1nnnc1C(CC)N(Cc1ccc(F)cc1)Cc1cc2cc(C)cc(C)c2[nH]c1=O. The topological polar surface area (TPSA) is 106 Å². The summed E-state index contributed by atoms with van der Waals surface area (Å²) in [6.07, 6.45) is 0.605. The van der Waals surface area contributed by atoms with Crippen molar-refractivity contribution >= 4 is 16.9 Å². The van der Waals surface area contributed by atoms with Crippen LogP contribution in [0.1, 0.15) is 54.4 Å². The Morgan fingerprint density at radius 3 is 2.59 bits per heavy atom. The number of halogens is 1. The van der Waals surface area contributed by atoms with Crippen molar-refractivity contribution in [2.45, 2.75) is 59.8 Å². The van der Waals surface area contributed by atoms with Crippen molar-refractivity contribution in [1.82, 2.24) is 30.1 Å². The fourth-order valence-corrected chi connectivity index (χ4v) is 4.66. The number of tetrazole rings is 1. The number of aromatic nitrogens is 5. The predicted octanol–water partition coefficient (Wildman–Crippen LogP) is 3.99. The van der Waals surface area contributed by atoms with Gasteiger partial charge in [-0.05, 0) is 78.4 Å². The molecule has 2 aromatic carbocycles. The molecule has 2 aromatic heterocycles. The highest BCUT2D eigenvalue weighted by Crippen LogP contribution is 2.27. The summed E-state index contributed by atoms with van der Waals surface area (Å²) in [7, 11) is 0. The number of benzene rings is 2. The van der Waals surface area contributed by atoms with Crippen LogP contribution in [0.2, 0.25) is 0 Å². The summed E-state index contributed by atoms with van der Waals surface area (Å²) in [6.45, 7) is 8.57. The zero-order valence-corrected chi connectivity index (χ0v) is 21.5. The van der Waals surface area contributed by atoms with Gasteiger partial charge in [0.15, 0.2) is 5.82 Å². The second kappa shape index (κ2) is 11.4. The van der Waals surface area contributed by atoms with Crippen molar-refractivity contribution < 1.29 is 13.9 Å². The Balaban J connectivity index is 1.74. The van der Waals surface area contributed by atoms with Crippen LogP contribution in [0, 0.1) is 19.7 Å². The number of nitrogens with zero attached hydrogens (tertiary/aromatic N) is 5. The van der Waals surface area contributed by atoms with Crippen molar-refractivity contribution in [1.29, 1.82) is 0 Å². The predicted molar refractivity (Wildman–Crippen MR) is 137 cm³/mol. The summed E-state index contributed by atoms with van der Waals surface area (Å²) in [5.41, 5.74) is 4.21. The molecule has 0 aliphatic heterocycles. The normalized spacial score (nSPS) is 12.3. The molecular formula is C27H31FN6O3. The molecule has 1 unspecified atom stereocenters. The van der Waals surface area contributed by atoms with Gasteiger partial charge in [0.1, 0.15) is 12.4 Å². The molecule has 4 aromatic rings. The van der Waals surface area contributed by atoms with Crippen LogP contribution in [0.3, 0.4) is 0 Å². The van der Waals surface area contributed by atoms with Gasteiger partial charge in [0, 0.05) is 18.7 Å². The molecule has 0 fully saturated rings. The zero-order chi connectivity index (χ0) is 26.5. The van der Waals surface area contributed by atoms with Crippen LogP contribution in [0.5, 0.6) is 0 Å². The summed E-state index contributed by atoms with van der Waals surface area (Å²) in [4.78, 5) is 30.4. The van der Waals surface area contributed by atoms with Gasteiger partial charge in [-0.25, -0.2) is 9.07 Å². The largest absolute Gasteiger partial charge is 0.465 e. The average molecular weight is 507 g/mol. The van der Waals surface area contributed by atoms with Crippen molar-refractivity contribution in [3.05, 3.63) is 86.7 Å². The summed E-state index contributed by atoms with van der Waals surface area (Å²) >= 11 is 0. The number of aryl methyl sites for hydroxylation is 2. The van der Waals surface area contributed by atoms with Crippen LogP contribution >= 0.6 is 0 Å². The van der Waals surface area contributed by atoms with E-state index in [4.69, 9.17) is 4.74 Å². The number of fused-ring (bicyclic) bond motifs is 1. The average Bonchev–Trinajstić information content (AvgIpc) is 3.29. The van der Waals surface area contributed by atoms with E-state index in [2.05, 4.69) is 25.4 Å². The number of rotatable bonds is 10. The van der Waals surface area contributed by atoms with E-state index in [1.807, 2.05) is 39.0 Å². The molecule has 0 bridgehead atoms. The number of carbonyl (C=O) groups excluding carboxylic acids is 1. The molecule has 0 aliphatic rings. The maximum absolute atomic E-state index is 13.6. The van der Waals surface area contributed by atoms with Gasteiger partial charge in [-0.2, -0.15) is 0 Å². The van der Waals surface area contributed by atoms with Crippen molar-refractivity contribution in [3.63, 3.8) is 0 Å². The molecule has 10 heteroatoms. The highest BCUT2D eigenvalue weighted by atomic mass is 19.1. The number of esters is 1. The molecule has 0 aliphatic carbocycles. The smallest absolute Gasteiger partial charge is 0.327 e. The Kier molecular flexibility index (Phi) is 8.08. The maximum Gasteiger partial charge on any atom is 0.327 e. The van der Waals surface area contributed by atoms with E-state index < -0.39 is 5.97 Å². The summed E-state index contributed by atoms with van der Waals surface area (Å²) in [6, 6.07) is 11.9. The van der Waals surface area contributed by atoms with Gasteiger partial charge in [-0.15, -0.1) is 5.10 Å². The molecule has 0 amide bonds. The molecule has 4 rings (SSSR count). The van der Waals surface area contributed by atoms with E-state index in [9.17, 15) is 14.0 Å². The standard InChI is InChI=1S/C27H31FN6O3/c1-5-23(26-30-31-32-34(26)16-24(35)37-6-2)33(14-19-7-9-22(28)10-8-19)15-21-13-20-12-17(3)11-18(4)25(20)29-27(21)36/h7-13,23H,5-6,14-16H2,1-4H3,(H,29,36). The van der Waals surface area contributed by atoms with E-state index in [0.29, 0.717) is 30.9 Å². The Morgan fingerprint density at radius 2 is 1.89 bits per heavy atom. The first kappa shape index (κ1) is 26.2. The van der Waals surface area contributed by atoms with Gasteiger partial charge >= 0.3 is 5.97 Å². The van der Waals surface area contributed by atoms with Gasteiger partial charge < -0.3 is 9.72 Å². The minimum atomic E-state index is -0.437. The minimum absolute atomic E-state index is 0.119. The monoisotopic (exact) mass is 506 g/mol. The molecule has 1 atom stereocenters. The van der Waals surface area contributed by atoms with Crippen LogP contribution in [0.25, 0.3) is 10.9 Å². The molecule has 37 heavy (non-hydrogen) atoms. The Labute approximate surface area is 214 Å². The Morgan fingerprint density at radius 1 is 1.14 bits per heavy atom. The maximum atomic E-state index is 13.6. The lowest BCUT2D eigenvalue weighted by Crippen LogP contribution is -2.33. The number of hydrogen-bond acceptors (Lipinski definition) is 7. The number of carbonyl (C=O) groups is 1. The molecule has 0 saturated carbocycles. The van der Waals surface area contributed by atoms with E-state index in [0.717, 1.165) is 27.6 Å². The highest BCUT2D eigenvalue weighted by Gasteiger charge is 2.27. The third-order valence-corrected chi connectivity index (χ3v) is 6.31. The summed E-state index contributed by atoms with van der Waals surface area (Å²) < 4.78 is 20.1. The Bertz CT molecular complexity index is 1450. The van der Waals surface area contributed by atoms with Crippen LogP contribution < -0.4 is 5.56 Å². The van der Waals surface area contributed by atoms with Crippen LogP contribution in [-0.2, 0) is 29.2 Å². The minimum Gasteiger partial charge on any atom is -0.465 e. The van der Waals surface area contributed by atoms with Crippen molar-refractivity contribution in [2.24, 2.45) is 0 Å². The number of hydrogen-bond donors (Lipinski definition) is 1. The highest BCUT2D eigenvalue weighted by molar-refractivity contribution is 5.82. The third-order valence-electron chi connectivity index (χ3n) is 6.31. The first-order valence-corrected chi connectivity index (χ1v) is 12.3. The number of ether oxygens (including phenoxy) is 1. The van der Waals surface area contributed by atoms with Crippen LogP contribution in [-0.4, -0.2) is 42.7 Å². The van der Waals surface area contributed by atoms with Gasteiger partial charge in [-0.1, -0.05) is 30.7 Å². The molecule has 1 N–H and O–H groups in total. The number of H-pyrrole nitrogens is 1. The number of pyridine rings is 1. The van der Waals surface area contributed by atoms with Gasteiger partial charge in [0.2, 0.25) is 0 Å². The van der Waals surface area contributed by atoms with E-state index >= 15 is 0 Å². The van der Waals surface area contributed by atoms with Gasteiger partial charge in [0.25, 0.3) is 5.56 Å². The Hall–Kier alpha value is -3.92. The van der Waals surface area contributed by atoms with Crippen LogP contribution in [0.15, 0.2) is 47.3 Å². The lowest BCUT2D eigenvalue weighted by Gasteiger charge is -2.30. The fourth-order valence-electron chi connectivity index (χ4n) is 4.66. The quantitative estimate of drug-likeness (QED) is 0.324. The van der Waals surface area contributed by atoms with E-state index in [1.54, 1.807) is 19.1 Å². The second-order valence-corrected chi connectivity index (χ2v) is 9.12. The molecule has 0 radical (unpaired) electrons. The van der Waals surface area contributed by atoms with E-state index in [1.165, 1.54) is 16.8 Å². The van der Waals surface area contributed by atoms with E-state index in [-0.39, 0.29) is 30.6 Å². The molecule has 0 spiro atoms. The molecular weight excluding hydrogens is 475 g/mol. The lowest BCUT2D eigenvalue weighted by atomic mass is 10.0. The zero-order valence-electron chi connectivity index (χ0n) is 21.5. The summed E-state index contributed by atoms with van der Waals surface area (Å²) in [5.74, 6) is -0.272. The fraction of sp³-hybridized carbons (Fsp3) is 0.370. The van der Waals surface area contributed by atoms with Crippen molar-refractivity contribution in [3.8, 4) is 0 Å². The van der Waals surface area contributed by atoms with Gasteiger partial charge in [0.05, 0.1) is 18.2 Å².